The van der Waals surface area contributed by atoms with E-state index in [0.29, 0.717) is 16.6 Å². The smallest absolute Gasteiger partial charge is 0.250 e. The summed E-state index contributed by atoms with van der Waals surface area (Å²) in [4.78, 5) is 16.6. The Morgan fingerprint density at radius 1 is 1.20 bits per heavy atom. The zero-order valence-electron chi connectivity index (χ0n) is 14.2. The van der Waals surface area contributed by atoms with Gasteiger partial charge in [0, 0.05) is 11.6 Å². The van der Waals surface area contributed by atoms with Gasteiger partial charge in [0.2, 0.25) is 5.91 Å². The SMILES string of the molecule is COc1cccc(/C=C/C(=O)Nc2nc3ccc(C)cc3s2)c1OC. The molecule has 2 aromatic carbocycles. The fraction of sp³-hybridized carbons (Fsp3) is 0.158. The number of hydrogen-bond acceptors (Lipinski definition) is 5. The van der Waals surface area contributed by atoms with Crippen LogP contribution >= 0.6 is 11.3 Å². The van der Waals surface area contributed by atoms with Crippen LogP contribution in [0, 0.1) is 6.92 Å². The summed E-state index contributed by atoms with van der Waals surface area (Å²) in [6.45, 7) is 2.03. The molecule has 0 aliphatic heterocycles. The molecule has 3 aromatic rings. The van der Waals surface area contributed by atoms with Gasteiger partial charge in [0.25, 0.3) is 0 Å². The summed E-state index contributed by atoms with van der Waals surface area (Å²) in [5.74, 6) is 0.955. The van der Waals surface area contributed by atoms with Gasteiger partial charge >= 0.3 is 0 Å². The van der Waals surface area contributed by atoms with Gasteiger partial charge < -0.3 is 9.47 Å². The molecule has 0 saturated heterocycles. The van der Waals surface area contributed by atoms with Gasteiger partial charge in [-0.05, 0) is 36.8 Å². The van der Waals surface area contributed by atoms with Gasteiger partial charge in [-0.25, -0.2) is 4.98 Å². The van der Waals surface area contributed by atoms with E-state index >= 15 is 0 Å². The molecule has 0 aliphatic carbocycles. The van der Waals surface area contributed by atoms with Crippen LogP contribution < -0.4 is 14.8 Å². The monoisotopic (exact) mass is 354 g/mol. The van der Waals surface area contributed by atoms with Crippen LogP contribution in [0.2, 0.25) is 0 Å². The molecule has 1 aromatic heterocycles. The molecule has 5 nitrogen and oxygen atoms in total. The predicted octanol–water partition coefficient (Wildman–Crippen LogP) is 4.27. The molecule has 0 bridgehead atoms. The Bertz CT molecular complexity index is 947. The Kier molecular flexibility index (Phi) is 5.00. The zero-order valence-corrected chi connectivity index (χ0v) is 15.0. The highest BCUT2D eigenvalue weighted by atomic mass is 32.1. The van der Waals surface area contributed by atoms with Crippen LogP contribution in [-0.2, 0) is 4.79 Å². The number of benzene rings is 2. The lowest BCUT2D eigenvalue weighted by Gasteiger charge is -2.09. The molecule has 128 valence electrons. The van der Waals surface area contributed by atoms with Gasteiger partial charge in [-0.1, -0.05) is 29.5 Å². The molecule has 1 amide bonds. The van der Waals surface area contributed by atoms with Crippen LogP contribution in [0.15, 0.2) is 42.5 Å². The van der Waals surface area contributed by atoms with E-state index in [2.05, 4.69) is 16.4 Å². The molecule has 6 heteroatoms. The maximum absolute atomic E-state index is 12.2. The Morgan fingerprint density at radius 2 is 2.04 bits per heavy atom. The normalized spacial score (nSPS) is 11.0. The summed E-state index contributed by atoms with van der Waals surface area (Å²) in [5.41, 5.74) is 2.81. The fourth-order valence-corrected chi connectivity index (χ4v) is 3.41. The highest BCUT2D eigenvalue weighted by Gasteiger charge is 2.09. The Hall–Kier alpha value is -2.86. The number of rotatable bonds is 5. The van der Waals surface area contributed by atoms with Crippen molar-refractivity contribution in [1.82, 2.24) is 4.98 Å². The highest BCUT2D eigenvalue weighted by Crippen LogP contribution is 2.31. The number of hydrogen-bond donors (Lipinski definition) is 1. The zero-order chi connectivity index (χ0) is 17.8. The summed E-state index contributed by atoms with van der Waals surface area (Å²) < 4.78 is 11.7. The van der Waals surface area contributed by atoms with Crippen molar-refractivity contribution in [3.05, 3.63) is 53.6 Å². The molecule has 0 radical (unpaired) electrons. The van der Waals surface area contributed by atoms with Crippen LogP contribution in [-0.4, -0.2) is 25.1 Å². The summed E-state index contributed by atoms with van der Waals surface area (Å²) in [5, 5.41) is 3.37. The first-order valence-electron chi connectivity index (χ1n) is 7.68. The van der Waals surface area contributed by atoms with E-state index < -0.39 is 0 Å². The van der Waals surface area contributed by atoms with Crippen molar-refractivity contribution in [2.24, 2.45) is 0 Å². The van der Waals surface area contributed by atoms with Gasteiger partial charge in [-0.3, -0.25) is 10.1 Å². The number of fused-ring (bicyclic) bond motifs is 1. The van der Waals surface area contributed by atoms with Gasteiger partial charge in [0.1, 0.15) is 0 Å². The largest absolute Gasteiger partial charge is 0.493 e. The van der Waals surface area contributed by atoms with Gasteiger partial charge in [0.05, 0.1) is 24.4 Å². The Balaban J connectivity index is 1.76. The maximum Gasteiger partial charge on any atom is 0.250 e. The predicted molar refractivity (Wildman–Crippen MR) is 102 cm³/mol. The third kappa shape index (κ3) is 3.80. The number of para-hydroxylation sites is 1. The molecule has 0 saturated carbocycles. The molecule has 1 N–H and O–H groups in total. The van der Waals surface area contributed by atoms with Crippen molar-refractivity contribution < 1.29 is 14.3 Å². The van der Waals surface area contributed by atoms with E-state index in [0.717, 1.165) is 15.8 Å². The second-order valence-electron chi connectivity index (χ2n) is 5.40. The van der Waals surface area contributed by atoms with E-state index in [1.54, 1.807) is 26.4 Å². The lowest BCUT2D eigenvalue weighted by Crippen LogP contribution is -2.07. The van der Waals surface area contributed by atoms with Crippen LogP contribution in [0.3, 0.4) is 0 Å². The first kappa shape index (κ1) is 17.0. The molecule has 1 heterocycles. The maximum atomic E-state index is 12.2. The van der Waals surface area contributed by atoms with Gasteiger partial charge in [-0.2, -0.15) is 0 Å². The number of carbonyl (C=O) groups excluding carboxylic acids is 1. The van der Waals surface area contributed by atoms with Gasteiger partial charge in [-0.15, -0.1) is 0 Å². The minimum atomic E-state index is -0.249. The molecule has 3 rings (SSSR count). The number of ether oxygens (including phenoxy) is 2. The van der Waals surface area contributed by atoms with Crippen molar-refractivity contribution in [2.75, 3.05) is 19.5 Å². The Labute approximate surface area is 149 Å². The summed E-state index contributed by atoms with van der Waals surface area (Å²) >= 11 is 1.45. The molecule has 0 fully saturated rings. The van der Waals surface area contributed by atoms with E-state index in [9.17, 15) is 4.79 Å². The van der Waals surface area contributed by atoms with Crippen molar-refractivity contribution in [3.8, 4) is 11.5 Å². The lowest BCUT2D eigenvalue weighted by atomic mass is 10.1. The topological polar surface area (TPSA) is 60.5 Å². The first-order chi connectivity index (χ1) is 12.1. The summed E-state index contributed by atoms with van der Waals surface area (Å²) in [6, 6.07) is 11.5. The summed E-state index contributed by atoms with van der Waals surface area (Å²) in [7, 11) is 3.14. The Morgan fingerprint density at radius 3 is 2.80 bits per heavy atom. The third-order valence-electron chi connectivity index (χ3n) is 3.62. The van der Waals surface area contributed by atoms with Crippen molar-refractivity contribution in [3.63, 3.8) is 0 Å². The number of thiazole rings is 1. The van der Waals surface area contributed by atoms with Crippen LogP contribution in [0.4, 0.5) is 5.13 Å². The molecule has 0 spiro atoms. The molecule has 0 unspecified atom stereocenters. The average molecular weight is 354 g/mol. The van der Waals surface area contributed by atoms with Crippen molar-refractivity contribution in [2.45, 2.75) is 6.92 Å². The quantitative estimate of drug-likeness (QED) is 0.695. The van der Waals surface area contributed by atoms with E-state index in [4.69, 9.17) is 9.47 Å². The third-order valence-corrected chi connectivity index (χ3v) is 4.56. The van der Waals surface area contributed by atoms with Gasteiger partial charge in [0.15, 0.2) is 16.6 Å². The van der Waals surface area contributed by atoms with Crippen molar-refractivity contribution in [1.29, 1.82) is 0 Å². The minimum absolute atomic E-state index is 0.249. The average Bonchev–Trinajstić information content (AvgIpc) is 3.00. The van der Waals surface area contributed by atoms with Crippen LogP contribution in [0.1, 0.15) is 11.1 Å². The number of aromatic nitrogens is 1. The molecule has 25 heavy (non-hydrogen) atoms. The number of anilines is 1. The number of amides is 1. The number of aryl methyl sites for hydroxylation is 1. The number of methoxy groups -OCH3 is 2. The van der Waals surface area contributed by atoms with Crippen molar-refractivity contribution >= 4 is 38.7 Å². The van der Waals surface area contributed by atoms with E-state index in [-0.39, 0.29) is 5.91 Å². The number of nitrogens with one attached hydrogen (secondary N) is 1. The second-order valence-corrected chi connectivity index (χ2v) is 6.43. The lowest BCUT2D eigenvalue weighted by molar-refractivity contribution is -0.111. The number of nitrogens with zero attached hydrogens (tertiary/aromatic N) is 1. The van der Waals surface area contributed by atoms with E-state index in [1.807, 2.05) is 31.2 Å². The molecule has 0 aliphatic rings. The summed E-state index contributed by atoms with van der Waals surface area (Å²) in [6.07, 6.45) is 3.14. The molecular formula is C19H18N2O3S. The fourth-order valence-electron chi connectivity index (χ4n) is 2.44. The second kappa shape index (κ2) is 7.36. The van der Waals surface area contributed by atoms with Crippen LogP contribution in [0.5, 0.6) is 11.5 Å². The highest BCUT2D eigenvalue weighted by molar-refractivity contribution is 7.22. The van der Waals surface area contributed by atoms with Crippen LogP contribution in [0.25, 0.3) is 16.3 Å². The first-order valence-corrected chi connectivity index (χ1v) is 8.49. The number of carbonyl (C=O) groups is 1. The molecular weight excluding hydrogens is 336 g/mol. The molecule has 0 atom stereocenters. The van der Waals surface area contributed by atoms with E-state index in [1.165, 1.54) is 23.0 Å². The standard InChI is InChI=1S/C19H18N2O3S/c1-12-7-9-14-16(11-12)25-19(20-14)21-17(22)10-8-13-5-4-6-15(23-2)18(13)24-3/h4-11H,1-3H3,(H,20,21,22)/b10-8+. The minimum Gasteiger partial charge on any atom is -0.493 e.